The van der Waals surface area contributed by atoms with Crippen LogP contribution in [0.15, 0.2) is 54.6 Å². The number of carbonyl (C=O) groups is 1. The zero-order valence-electron chi connectivity index (χ0n) is 13.9. The highest BCUT2D eigenvalue weighted by molar-refractivity contribution is 5.97. The first-order valence-corrected chi connectivity index (χ1v) is 8.73. The Bertz CT molecular complexity index is 628. The Morgan fingerprint density at radius 3 is 2.33 bits per heavy atom. The highest BCUT2D eigenvalue weighted by atomic mass is 16.5. The summed E-state index contributed by atoms with van der Waals surface area (Å²) in [6, 6.07) is 17.3. The van der Waals surface area contributed by atoms with Crippen molar-refractivity contribution in [2.45, 2.75) is 44.8 Å². The molecule has 0 bridgehead atoms. The van der Waals surface area contributed by atoms with Crippen molar-refractivity contribution in [2.24, 2.45) is 0 Å². The van der Waals surface area contributed by atoms with Crippen molar-refractivity contribution in [3.8, 4) is 5.75 Å². The Kier molecular flexibility index (Phi) is 6.02. The predicted octanol–water partition coefficient (Wildman–Crippen LogP) is 4.80. The summed E-state index contributed by atoms with van der Waals surface area (Å²) < 4.78 is 11.5. The van der Waals surface area contributed by atoms with Crippen molar-refractivity contribution in [3.05, 3.63) is 65.7 Å². The molecule has 3 nitrogen and oxygen atoms in total. The molecule has 0 aromatic heterocycles. The maximum absolute atomic E-state index is 12.2. The first kappa shape index (κ1) is 16.7. The predicted molar refractivity (Wildman–Crippen MR) is 94.4 cm³/mol. The number of ether oxygens (including phenoxy) is 2. The number of ketones is 1. The van der Waals surface area contributed by atoms with E-state index < -0.39 is 0 Å². The van der Waals surface area contributed by atoms with Gasteiger partial charge in [-0.3, -0.25) is 4.79 Å². The lowest BCUT2D eigenvalue weighted by Gasteiger charge is -2.21. The lowest BCUT2D eigenvalue weighted by molar-refractivity contribution is 0.0284. The van der Waals surface area contributed by atoms with E-state index in [0.717, 1.165) is 24.2 Å². The molecule has 2 aromatic rings. The molecule has 0 aliphatic heterocycles. The second kappa shape index (κ2) is 8.65. The van der Waals surface area contributed by atoms with Gasteiger partial charge in [0.2, 0.25) is 0 Å². The fourth-order valence-corrected chi connectivity index (χ4v) is 2.99. The molecule has 1 saturated carbocycles. The van der Waals surface area contributed by atoms with Crippen LogP contribution in [-0.4, -0.2) is 18.5 Å². The van der Waals surface area contributed by atoms with Crippen molar-refractivity contribution in [1.82, 2.24) is 0 Å². The van der Waals surface area contributed by atoms with Gasteiger partial charge in [0.15, 0.2) is 5.78 Å². The minimum Gasteiger partial charge on any atom is -0.489 e. The number of Topliss-reactive ketones (excluding diaryl/α,β-unsaturated/α-hetero) is 1. The van der Waals surface area contributed by atoms with Crippen molar-refractivity contribution in [3.63, 3.8) is 0 Å². The fourth-order valence-electron chi connectivity index (χ4n) is 2.99. The van der Waals surface area contributed by atoms with Crippen molar-refractivity contribution in [2.75, 3.05) is 6.61 Å². The van der Waals surface area contributed by atoms with E-state index in [-0.39, 0.29) is 18.5 Å². The molecule has 0 radical (unpaired) electrons. The van der Waals surface area contributed by atoms with Gasteiger partial charge in [-0.25, -0.2) is 0 Å². The Balaban J connectivity index is 1.47. The van der Waals surface area contributed by atoms with Crippen LogP contribution in [0.3, 0.4) is 0 Å². The van der Waals surface area contributed by atoms with Gasteiger partial charge in [0.1, 0.15) is 19.0 Å². The average molecular weight is 324 g/mol. The van der Waals surface area contributed by atoms with Crippen LogP contribution in [0.5, 0.6) is 5.75 Å². The average Bonchev–Trinajstić information content (AvgIpc) is 2.66. The molecule has 2 aromatic carbocycles. The standard InChI is InChI=1S/C21H24O3/c22-21(16-24-19-9-5-2-6-10-19)18-11-13-20(14-12-18)23-15-17-7-3-1-4-8-17/h1,3-4,7-8,11-14,19H,2,5-6,9-10,15-16H2. The molecule has 0 atom stereocenters. The first-order valence-electron chi connectivity index (χ1n) is 8.73. The zero-order valence-corrected chi connectivity index (χ0v) is 13.9. The molecule has 1 aliphatic carbocycles. The Morgan fingerprint density at radius 2 is 1.62 bits per heavy atom. The molecule has 0 saturated heterocycles. The maximum Gasteiger partial charge on any atom is 0.188 e. The minimum absolute atomic E-state index is 0.0372. The summed E-state index contributed by atoms with van der Waals surface area (Å²) in [5.74, 6) is 0.804. The van der Waals surface area contributed by atoms with Crippen molar-refractivity contribution in [1.29, 1.82) is 0 Å². The van der Waals surface area contributed by atoms with Crippen LogP contribution < -0.4 is 4.74 Å². The van der Waals surface area contributed by atoms with Gasteiger partial charge in [0, 0.05) is 5.56 Å². The smallest absolute Gasteiger partial charge is 0.188 e. The van der Waals surface area contributed by atoms with Crippen LogP contribution in [0.4, 0.5) is 0 Å². The third kappa shape index (κ3) is 4.93. The van der Waals surface area contributed by atoms with E-state index in [9.17, 15) is 4.79 Å². The van der Waals surface area contributed by atoms with Gasteiger partial charge in [0.25, 0.3) is 0 Å². The third-order valence-corrected chi connectivity index (χ3v) is 4.43. The molecule has 3 heteroatoms. The van der Waals surface area contributed by atoms with E-state index in [2.05, 4.69) is 0 Å². The number of hydrogen-bond acceptors (Lipinski definition) is 3. The van der Waals surface area contributed by atoms with Gasteiger partial charge in [-0.2, -0.15) is 0 Å². The van der Waals surface area contributed by atoms with Crippen LogP contribution in [0.1, 0.15) is 48.0 Å². The van der Waals surface area contributed by atoms with Crippen molar-refractivity contribution < 1.29 is 14.3 Å². The summed E-state index contributed by atoms with van der Waals surface area (Å²) in [5, 5.41) is 0. The largest absolute Gasteiger partial charge is 0.489 e. The van der Waals surface area contributed by atoms with Gasteiger partial charge in [-0.1, -0.05) is 49.6 Å². The molecule has 126 valence electrons. The summed E-state index contributed by atoms with van der Waals surface area (Å²) in [4.78, 5) is 12.2. The molecular formula is C21H24O3. The Hall–Kier alpha value is -2.13. The summed E-state index contributed by atoms with van der Waals surface area (Å²) in [5.41, 5.74) is 1.80. The first-order chi connectivity index (χ1) is 11.8. The third-order valence-electron chi connectivity index (χ3n) is 4.43. The molecule has 0 amide bonds. The van der Waals surface area contributed by atoms with Crippen LogP contribution >= 0.6 is 0 Å². The summed E-state index contributed by atoms with van der Waals surface area (Å²) >= 11 is 0. The molecule has 1 fully saturated rings. The van der Waals surface area contributed by atoms with Crippen LogP contribution in [0, 0.1) is 0 Å². The van der Waals surface area contributed by atoms with E-state index in [0.29, 0.717) is 12.2 Å². The topological polar surface area (TPSA) is 35.5 Å². The number of carbonyl (C=O) groups excluding carboxylic acids is 1. The number of benzene rings is 2. The second-order valence-electron chi connectivity index (χ2n) is 6.29. The summed E-state index contributed by atoms with van der Waals surface area (Å²) in [6.45, 7) is 0.702. The van der Waals surface area contributed by atoms with Crippen molar-refractivity contribution >= 4 is 5.78 Å². The van der Waals surface area contributed by atoms with E-state index >= 15 is 0 Å². The molecule has 24 heavy (non-hydrogen) atoms. The lowest BCUT2D eigenvalue weighted by atomic mass is 9.98. The Morgan fingerprint density at radius 1 is 0.917 bits per heavy atom. The van der Waals surface area contributed by atoms with E-state index in [1.165, 1.54) is 19.3 Å². The molecule has 0 unspecified atom stereocenters. The van der Waals surface area contributed by atoms with Gasteiger partial charge >= 0.3 is 0 Å². The molecule has 1 aliphatic rings. The van der Waals surface area contributed by atoms with Gasteiger partial charge in [0.05, 0.1) is 6.10 Å². The highest BCUT2D eigenvalue weighted by Crippen LogP contribution is 2.21. The number of hydrogen-bond donors (Lipinski definition) is 0. The normalized spacial score (nSPS) is 15.2. The molecule has 0 heterocycles. The van der Waals surface area contributed by atoms with Gasteiger partial charge in [-0.15, -0.1) is 0 Å². The van der Waals surface area contributed by atoms with E-state index in [1.807, 2.05) is 54.6 Å². The molecular weight excluding hydrogens is 300 g/mol. The quantitative estimate of drug-likeness (QED) is 0.686. The van der Waals surface area contributed by atoms with Gasteiger partial charge in [-0.05, 0) is 42.7 Å². The number of rotatable bonds is 7. The van der Waals surface area contributed by atoms with Gasteiger partial charge < -0.3 is 9.47 Å². The fraction of sp³-hybridized carbons (Fsp3) is 0.381. The van der Waals surface area contributed by atoms with E-state index in [4.69, 9.17) is 9.47 Å². The second-order valence-corrected chi connectivity index (χ2v) is 6.29. The highest BCUT2D eigenvalue weighted by Gasteiger charge is 2.15. The summed E-state index contributed by atoms with van der Waals surface area (Å²) in [6.07, 6.45) is 6.15. The zero-order chi connectivity index (χ0) is 16.6. The Labute approximate surface area is 143 Å². The molecule has 0 N–H and O–H groups in total. The van der Waals surface area contributed by atoms with Crippen LogP contribution in [0.2, 0.25) is 0 Å². The molecule has 3 rings (SSSR count). The van der Waals surface area contributed by atoms with Crippen LogP contribution in [-0.2, 0) is 11.3 Å². The monoisotopic (exact) mass is 324 g/mol. The summed E-state index contributed by atoms with van der Waals surface area (Å²) in [7, 11) is 0. The minimum atomic E-state index is 0.0372. The van der Waals surface area contributed by atoms with E-state index in [1.54, 1.807) is 0 Å². The lowest BCUT2D eigenvalue weighted by Crippen LogP contribution is -2.20. The maximum atomic E-state index is 12.2. The molecule has 0 spiro atoms. The SMILES string of the molecule is O=C(COC1CCCCC1)c1ccc(OCc2ccccc2)cc1. The van der Waals surface area contributed by atoms with Crippen LogP contribution in [0.25, 0.3) is 0 Å².